The van der Waals surface area contributed by atoms with Crippen LogP contribution in [0, 0.1) is 0 Å². The Balaban J connectivity index is 1.82. The molecule has 0 unspecified atom stereocenters. The average molecular weight is 521 g/mol. The predicted octanol–water partition coefficient (Wildman–Crippen LogP) is 2.65. The van der Waals surface area contributed by atoms with Crippen LogP contribution in [0.15, 0.2) is 53.4 Å². The Labute approximate surface area is 212 Å². The minimum absolute atomic E-state index is 0.0748. The van der Waals surface area contributed by atoms with Crippen LogP contribution in [0.4, 0.5) is 0 Å². The van der Waals surface area contributed by atoms with Crippen molar-refractivity contribution >= 4 is 34.5 Å². The number of thiol groups is 1. The van der Waals surface area contributed by atoms with Gasteiger partial charge in [0.2, 0.25) is 15.9 Å². The number of aromatic hydroxyl groups is 1. The highest BCUT2D eigenvalue weighted by atomic mass is 32.2. The summed E-state index contributed by atoms with van der Waals surface area (Å²) in [5.74, 6) is -1.17. The molecule has 1 fully saturated rings. The van der Waals surface area contributed by atoms with E-state index in [0.29, 0.717) is 5.56 Å². The molecular formula is C25H32N2O6S2. The number of nitrogens with zero attached hydrogens (tertiary/aromatic N) is 1. The average Bonchev–Trinajstić information content (AvgIpc) is 3.21. The molecule has 0 saturated carbocycles. The van der Waals surface area contributed by atoms with Crippen LogP contribution in [0.2, 0.25) is 0 Å². The molecule has 0 bridgehead atoms. The zero-order chi connectivity index (χ0) is 26.0. The lowest BCUT2D eigenvalue weighted by atomic mass is 9.87. The van der Waals surface area contributed by atoms with E-state index in [-0.39, 0.29) is 40.7 Å². The molecule has 3 rings (SSSR count). The van der Waals surface area contributed by atoms with E-state index in [1.54, 1.807) is 36.4 Å². The van der Waals surface area contributed by atoms with Crippen LogP contribution in [0.1, 0.15) is 38.3 Å². The van der Waals surface area contributed by atoms with Gasteiger partial charge in [0.15, 0.2) is 0 Å². The number of ether oxygens (including phenoxy) is 1. The quantitative estimate of drug-likeness (QED) is 0.382. The van der Waals surface area contributed by atoms with Gasteiger partial charge in [-0.1, -0.05) is 45.0 Å². The summed E-state index contributed by atoms with van der Waals surface area (Å²) in [6, 6.07) is 10.9. The van der Waals surface area contributed by atoms with E-state index in [4.69, 9.17) is 4.74 Å². The molecule has 0 radical (unpaired) electrons. The highest BCUT2D eigenvalue weighted by Crippen LogP contribution is 2.30. The Morgan fingerprint density at radius 1 is 1.14 bits per heavy atom. The Bertz CT molecular complexity index is 1160. The number of sulfonamides is 1. The monoisotopic (exact) mass is 520 g/mol. The van der Waals surface area contributed by atoms with E-state index in [9.17, 15) is 23.1 Å². The highest BCUT2D eigenvalue weighted by Gasteiger charge is 2.43. The van der Waals surface area contributed by atoms with Crippen LogP contribution in [0.3, 0.4) is 0 Å². The summed E-state index contributed by atoms with van der Waals surface area (Å²) >= 11 is 4.44. The molecule has 3 atom stereocenters. The molecule has 1 aliphatic heterocycles. The molecule has 2 aromatic carbocycles. The van der Waals surface area contributed by atoms with Gasteiger partial charge in [0.1, 0.15) is 17.8 Å². The van der Waals surface area contributed by atoms with E-state index in [1.165, 1.54) is 19.2 Å². The van der Waals surface area contributed by atoms with Gasteiger partial charge in [-0.15, -0.1) is 0 Å². The summed E-state index contributed by atoms with van der Waals surface area (Å²) in [7, 11) is -2.76. The maximum Gasteiger partial charge on any atom is 0.328 e. The number of benzene rings is 2. The smallest absolute Gasteiger partial charge is 0.328 e. The number of carbonyl (C=O) groups excluding carboxylic acids is 2. The number of amides is 1. The third kappa shape index (κ3) is 6.36. The topological polar surface area (TPSA) is 113 Å². The van der Waals surface area contributed by atoms with Crippen LogP contribution in [-0.2, 0) is 36.2 Å². The van der Waals surface area contributed by atoms with E-state index >= 15 is 0 Å². The van der Waals surface area contributed by atoms with Crippen LogP contribution in [0.25, 0.3) is 0 Å². The number of rotatable bonds is 7. The third-order valence-electron chi connectivity index (χ3n) is 6.04. The third-order valence-corrected chi connectivity index (χ3v) is 8.30. The standard InChI is InChI=1S/C25H32N2O6S2/c1-25(2,3)17-7-11-20(12-8-17)35(31,32)27-15-19(34)14-22(27)23(29)26-21(24(30)33-4)13-16-5-9-18(28)10-6-16/h5-12,19,21-22,28,34H,13-15H2,1-4H3,(H,26,29)/t19-,21-,22-/m0/s1. The van der Waals surface area contributed by atoms with Crippen molar-refractivity contribution in [1.82, 2.24) is 9.62 Å². The number of carbonyl (C=O) groups is 2. The van der Waals surface area contributed by atoms with Crippen molar-refractivity contribution in [2.75, 3.05) is 13.7 Å². The molecular weight excluding hydrogens is 488 g/mol. The first-order chi connectivity index (χ1) is 16.3. The first-order valence-corrected chi connectivity index (χ1v) is 13.2. The van der Waals surface area contributed by atoms with Crippen LogP contribution in [0.5, 0.6) is 5.75 Å². The maximum absolute atomic E-state index is 13.5. The van der Waals surface area contributed by atoms with Crippen molar-refractivity contribution in [2.24, 2.45) is 0 Å². The van der Waals surface area contributed by atoms with Crippen molar-refractivity contribution in [1.29, 1.82) is 0 Å². The van der Waals surface area contributed by atoms with E-state index in [1.807, 2.05) is 20.8 Å². The Morgan fingerprint density at radius 2 is 1.74 bits per heavy atom. The molecule has 35 heavy (non-hydrogen) atoms. The minimum atomic E-state index is -3.97. The lowest BCUT2D eigenvalue weighted by molar-refractivity contribution is -0.145. The van der Waals surface area contributed by atoms with Gasteiger partial charge in [0.25, 0.3) is 0 Å². The second kappa shape index (κ2) is 10.6. The number of phenols is 1. The first-order valence-electron chi connectivity index (χ1n) is 11.3. The summed E-state index contributed by atoms with van der Waals surface area (Å²) in [5.41, 5.74) is 1.56. The van der Waals surface area contributed by atoms with E-state index in [2.05, 4.69) is 17.9 Å². The van der Waals surface area contributed by atoms with Gasteiger partial charge in [0, 0.05) is 18.2 Å². The molecule has 1 heterocycles. The number of phenolic OH excluding ortho intramolecular Hbond substituents is 1. The zero-order valence-corrected chi connectivity index (χ0v) is 22.0. The van der Waals surface area contributed by atoms with Gasteiger partial charge in [-0.3, -0.25) is 4.79 Å². The van der Waals surface area contributed by atoms with E-state index < -0.39 is 34.0 Å². The zero-order valence-electron chi connectivity index (χ0n) is 20.3. The second-order valence-corrected chi connectivity index (χ2v) is 12.3. The van der Waals surface area contributed by atoms with Gasteiger partial charge in [-0.05, 0) is 47.2 Å². The summed E-state index contributed by atoms with van der Waals surface area (Å²) in [6.45, 7) is 6.20. The lowest BCUT2D eigenvalue weighted by Gasteiger charge is -2.26. The first kappa shape index (κ1) is 27.0. The number of hydrogen-bond acceptors (Lipinski definition) is 7. The largest absolute Gasteiger partial charge is 0.508 e. The summed E-state index contributed by atoms with van der Waals surface area (Å²) in [6.07, 6.45) is 0.331. The highest BCUT2D eigenvalue weighted by molar-refractivity contribution is 7.89. The predicted molar refractivity (Wildman–Crippen MR) is 136 cm³/mol. The Hall–Kier alpha value is -2.56. The summed E-state index contributed by atoms with van der Waals surface area (Å²) in [4.78, 5) is 25.7. The van der Waals surface area contributed by atoms with Gasteiger partial charge >= 0.3 is 5.97 Å². The van der Waals surface area contributed by atoms with Crippen molar-refractivity contribution in [3.8, 4) is 5.75 Å². The van der Waals surface area contributed by atoms with Gasteiger partial charge in [0.05, 0.1) is 12.0 Å². The molecule has 0 spiro atoms. The molecule has 190 valence electrons. The van der Waals surface area contributed by atoms with Gasteiger partial charge in [-0.25, -0.2) is 13.2 Å². The SMILES string of the molecule is COC(=O)[C@H](Cc1ccc(O)cc1)NC(=O)[C@@H]1C[C@H](S)CN1S(=O)(=O)c1ccc(C(C)(C)C)cc1. The summed E-state index contributed by atoms with van der Waals surface area (Å²) < 4.78 is 32.9. The number of hydrogen-bond donors (Lipinski definition) is 3. The van der Waals surface area contributed by atoms with Gasteiger partial charge in [-0.2, -0.15) is 16.9 Å². The molecule has 0 aliphatic carbocycles. The minimum Gasteiger partial charge on any atom is -0.508 e. The fraction of sp³-hybridized carbons (Fsp3) is 0.440. The summed E-state index contributed by atoms with van der Waals surface area (Å²) in [5, 5.41) is 11.8. The molecule has 1 aliphatic rings. The van der Waals surface area contributed by atoms with Crippen LogP contribution in [-0.4, -0.2) is 60.7 Å². The molecule has 8 nitrogen and oxygen atoms in total. The molecule has 2 aromatic rings. The van der Waals surface area contributed by atoms with Crippen molar-refractivity contribution in [2.45, 2.75) is 61.3 Å². The fourth-order valence-electron chi connectivity index (χ4n) is 4.02. The lowest BCUT2D eigenvalue weighted by Crippen LogP contribution is -2.51. The van der Waals surface area contributed by atoms with Crippen molar-refractivity contribution in [3.63, 3.8) is 0 Å². The molecule has 2 N–H and O–H groups in total. The fourth-order valence-corrected chi connectivity index (χ4v) is 6.15. The Kier molecular flexibility index (Phi) is 8.18. The number of nitrogens with one attached hydrogen (secondary N) is 1. The second-order valence-electron chi connectivity index (χ2n) is 9.71. The molecule has 10 heteroatoms. The van der Waals surface area contributed by atoms with Crippen molar-refractivity contribution in [3.05, 3.63) is 59.7 Å². The molecule has 1 amide bonds. The normalized spacial score (nSPS) is 19.8. The molecule has 0 aromatic heterocycles. The van der Waals surface area contributed by atoms with Crippen molar-refractivity contribution < 1.29 is 27.9 Å². The number of esters is 1. The number of methoxy groups -OCH3 is 1. The van der Waals surface area contributed by atoms with Gasteiger partial charge < -0.3 is 15.2 Å². The van der Waals surface area contributed by atoms with Crippen LogP contribution >= 0.6 is 12.6 Å². The Morgan fingerprint density at radius 3 is 2.29 bits per heavy atom. The maximum atomic E-state index is 13.5. The van der Waals surface area contributed by atoms with Crippen LogP contribution < -0.4 is 5.32 Å². The van der Waals surface area contributed by atoms with E-state index in [0.717, 1.165) is 9.87 Å². The molecule has 1 saturated heterocycles.